The predicted octanol–water partition coefficient (Wildman–Crippen LogP) is 3.12. The van der Waals surface area contributed by atoms with Crippen LogP contribution in [0.15, 0.2) is 28.7 Å². The van der Waals surface area contributed by atoms with Gasteiger partial charge in [-0.3, -0.25) is 0 Å². The first-order valence-corrected chi connectivity index (χ1v) is 7.20. The Morgan fingerprint density at radius 3 is 2.88 bits per heavy atom. The van der Waals surface area contributed by atoms with Gasteiger partial charge in [0.1, 0.15) is 10.0 Å². The maximum atomic E-state index is 4.24. The first kappa shape index (κ1) is 12.7. The average Bonchev–Trinajstić information content (AvgIpc) is 2.79. The lowest BCUT2D eigenvalue weighted by atomic mass is 10.2. The van der Waals surface area contributed by atoms with Gasteiger partial charge in [-0.05, 0) is 12.6 Å². The van der Waals surface area contributed by atoms with Crippen molar-refractivity contribution in [2.75, 3.05) is 13.1 Å². The van der Waals surface area contributed by atoms with Crippen LogP contribution in [0.5, 0.6) is 0 Å². The minimum absolute atomic E-state index is 0.940. The second kappa shape index (κ2) is 6.23. The number of nitrogens with one attached hydrogen (secondary N) is 1. The third kappa shape index (κ3) is 3.34. The zero-order valence-corrected chi connectivity index (χ0v) is 12.0. The number of likely N-dealkylation sites (N-methyl/N-ethyl adjacent to an activating group) is 1. The molecule has 0 unspecified atom stereocenters. The molecule has 2 aromatic rings. The van der Waals surface area contributed by atoms with E-state index in [2.05, 4.69) is 44.4 Å². The molecular formula is C12H14BrN3S. The fourth-order valence-electron chi connectivity index (χ4n) is 1.47. The minimum atomic E-state index is 0.940. The van der Waals surface area contributed by atoms with Crippen LogP contribution in [0.4, 0.5) is 0 Å². The quantitative estimate of drug-likeness (QED) is 0.862. The molecule has 0 aliphatic rings. The van der Waals surface area contributed by atoms with Crippen molar-refractivity contribution in [2.45, 2.75) is 13.3 Å². The highest BCUT2D eigenvalue weighted by molar-refractivity contribution is 9.10. The molecule has 0 atom stereocenters. The second-order valence-corrected chi connectivity index (χ2v) is 5.50. The normalized spacial score (nSPS) is 10.7. The summed E-state index contributed by atoms with van der Waals surface area (Å²) in [4.78, 5) is 0. The monoisotopic (exact) mass is 311 g/mol. The topological polar surface area (TPSA) is 37.8 Å². The highest BCUT2D eigenvalue weighted by atomic mass is 79.9. The fourth-order valence-corrected chi connectivity index (χ4v) is 2.95. The van der Waals surface area contributed by atoms with Crippen LogP contribution in [0.1, 0.15) is 11.9 Å². The number of halogens is 1. The summed E-state index contributed by atoms with van der Waals surface area (Å²) in [5, 5.41) is 13.8. The largest absolute Gasteiger partial charge is 0.317 e. The van der Waals surface area contributed by atoms with Crippen LogP contribution >= 0.6 is 27.3 Å². The van der Waals surface area contributed by atoms with E-state index >= 15 is 0 Å². The van der Waals surface area contributed by atoms with Crippen LogP contribution in [-0.2, 0) is 6.42 Å². The molecule has 3 nitrogen and oxygen atoms in total. The predicted molar refractivity (Wildman–Crippen MR) is 75.3 cm³/mol. The Morgan fingerprint density at radius 1 is 1.29 bits per heavy atom. The Balaban J connectivity index is 2.10. The van der Waals surface area contributed by atoms with Gasteiger partial charge in [0, 0.05) is 23.0 Å². The van der Waals surface area contributed by atoms with Crippen LogP contribution < -0.4 is 5.32 Å². The fraction of sp³-hybridized carbons (Fsp3) is 0.333. The van der Waals surface area contributed by atoms with Crippen LogP contribution in [0, 0.1) is 0 Å². The number of hydrogen-bond donors (Lipinski definition) is 1. The number of hydrogen-bond acceptors (Lipinski definition) is 4. The number of aromatic nitrogens is 2. The van der Waals surface area contributed by atoms with Crippen molar-refractivity contribution < 1.29 is 0 Å². The molecule has 0 fully saturated rings. The third-order valence-electron chi connectivity index (χ3n) is 2.34. The first-order chi connectivity index (χ1) is 8.31. The van der Waals surface area contributed by atoms with Crippen LogP contribution in [0.3, 0.4) is 0 Å². The Labute approximate surface area is 113 Å². The van der Waals surface area contributed by atoms with E-state index in [1.54, 1.807) is 11.3 Å². The van der Waals surface area contributed by atoms with E-state index in [1.807, 2.05) is 18.2 Å². The van der Waals surface area contributed by atoms with Crippen LogP contribution in [0.2, 0.25) is 0 Å². The van der Waals surface area contributed by atoms with Crippen molar-refractivity contribution in [3.8, 4) is 10.6 Å². The van der Waals surface area contributed by atoms with Gasteiger partial charge >= 0.3 is 0 Å². The maximum Gasteiger partial charge on any atom is 0.148 e. The first-order valence-electron chi connectivity index (χ1n) is 5.59. The van der Waals surface area contributed by atoms with Crippen molar-refractivity contribution in [2.24, 2.45) is 0 Å². The van der Waals surface area contributed by atoms with Gasteiger partial charge in [-0.25, -0.2) is 0 Å². The molecular weight excluding hydrogens is 298 g/mol. The van der Waals surface area contributed by atoms with Gasteiger partial charge in [-0.15, -0.1) is 10.2 Å². The number of benzene rings is 1. The zero-order chi connectivity index (χ0) is 12.1. The molecule has 0 spiro atoms. The molecule has 0 radical (unpaired) electrons. The lowest BCUT2D eigenvalue weighted by Gasteiger charge is -1.98. The smallest absolute Gasteiger partial charge is 0.148 e. The average molecular weight is 312 g/mol. The molecule has 1 aromatic heterocycles. The maximum absolute atomic E-state index is 4.24. The van der Waals surface area contributed by atoms with Crippen molar-refractivity contribution in [3.05, 3.63) is 33.7 Å². The van der Waals surface area contributed by atoms with E-state index in [9.17, 15) is 0 Å². The van der Waals surface area contributed by atoms with E-state index < -0.39 is 0 Å². The molecule has 1 heterocycles. The molecule has 0 saturated carbocycles. The molecule has 0 bridgehead atoms. The molecule has 0 amide bonds. The van der Waals surface area contributed by atoms with Crippen LogP contribution in [0.25, 0.3) is 10.6 Å². The standard InChI is InChI=1S/C12H14BrN3S/c1-2-14-8-7-11-15-16-12(17-11)9-5-3-4-6-10(9)13/h3-6,14H,2,7-8H2,1H3. The van der Waals surface area contributed by atoms with Gasteiger partial charge in [0.25, 0.3) is 0 Å². The summed E-state index contributed by atoms with van der Waals surface area (Å²) in [7, 11) is 0. The highest BCUT2D eigenvalue weighted by Gasteiger charge is 2.08. The van der Waals surface area contributed by atoms with Crippen molar-refractivity contribution in [3.63, 3.8) is 0 Å². The molecule has 0 aliphatic carbocycles. The van der Waals surface area contributed by atoms with E-state index in [0.717, 1.165) is 39.6 Å². The summed E-state index contributed by atoms with van der Waals surface area (Å²) in [6.45, 7) is 4.06. The molecule has 90 valence electrons. The summed E-state index contributed by atoms with van der Waals surface area (Å²) in [6.07, 6.45) is 0.940. The lowest BCUT2D eigenvalue weighted by molar-refractivity contribution is 0.710. The van der Waals surface area contributed by atoms with Gasteiger partial charge in [0.05, 0.1) is 0 Å². The van der Waals surface area contributed by atoms with Crippen molar-refractivity contribution in [1.29, 1.82) is 0 Å². The van der Waals surface area contributed by atoms with E-state index in [1.165, 1.54) is 0 Å². The van der Waals surface area contributed by atoms with Gasteiger partial charge in [-0.2, -0.15) is 0 Å². The van der Waals surface area contributed by atoms with E-state index in [0.29, 0.717) is 0 Å². The molecule has 0 saturated heterocycles. The molecule has 0 aliphatic heterocycles. The lowest BCUT2D eigenvalue weighted by Crippen LogP contribution is -2.15. The summed E-state index contributed by atoms with van der Waals surface area (Å²) in [5.74, 6) is 0. The third-order valence-corrected chi connectivity index (χ3v) is 4.04. The number of rotatable bonds is 5. The molecule has 1 N–H and O–H groups in total. The molecule has 5 heteroatoms. The van der Waals surface area contributed by atoms with Gasteiger partial charge in [0.15, 0.2) is 0 Å². The van der Waals surface area contributed by atoms with Crippen molar-refractivity contribution >= 4 is 27.3 Å². The summed E-state index contributed by atoms with van der Waals surface area (Å²) < 4.78 is 1.06. The van der Waals surface area contributed by atoms with Gasteiger partial charge in [0.2, 0.25) is 0 Å². The van der Waals surface area contributed by atoms with E-state index in [4.69, 9.17) is 0 Å². The summed E-state index contributed by atoms with van der Waals surface area (Å²) >= 11 is 5.19. The zero-order valence-electron chi connectivity index (χ0n) is 9.61. The molecule has 2 rings (SSSR count). The van der Waals surface area contributed by atoms with Gasteiger partial charge < -0.3 is 5.32 Å². The second-order valence-electron chi connectivity index (χ2n) is 3.58. The Bertz CT molecular complexity index is 484. The van der Waals surface area contributed by atoms with Crippen LogP contribution in [-0.4, -0.2) is 23.3 Å². The van der Waals surface area contributed by atoms with Crippen molar-refractivity contribution in [1.82, 2.24) is 15.5 Å². The minimum Gasteiger partial charge on any atom is -0.317 e. The molecule has 17 heavy (non-hydrogen) atoms. The Morgan fingerprint density at radius 2 is 2.12 bits per heavy atom. The summed E-state index contributed by atoms with van der Waals surface area (Å²) in [6, 6.07) is 8.09. The highest BCUT2D eigenvalue weighted by Crippen LogP contribution is 2.30. The number of nitrogens with zero attached hydrogens (tertiary/aromatic N) is 2. The summed E-state index contributed by atoms with van der Waals surface area (Å²) in [5.41, 5.74) is 1.11. The Hall–Kier alpha value is -0.780. The van der Waals surface area contributed by atoms with Gasteiger partial charge in [-0.1, -0.05) is 52.4 Å². The molecule has 1 aromatic carbocycles. The Kier molecular flexibility index (Phi) is 4.65. The SMILES string of the molecule is CCNCCc1nnc(-c2ccccc2Br)s1. The van der Waals surface area contributed by atoms with E-state index in [-0.39, 0.29) is 0 Å².